The van der Waals surface area contributed by atoms with Gasteiger partial charge in [-0.15, -0.1) is 0 Å². The van der Waals surface area contributed by atoms with E-state index in [-0.39, 0.29) is 0 Å². The van der Waals surface area contributed by atoms with Gasteiger partial charge in [-0.1, -0.05) is 45.7 Å². The first-order chi connectivity index (χ1) is 3.18. The molecule has 44 valence electrons. The summed E-state index contributed by atoms with van der Waals surface area (Å²) in [5.41, 5.74) is 0. The maximum absolute atomic E-state index is 3.49. The van der Waals surface area contributed by atoms with Crippen molar-refractivity contribution in [2.45, 2.75) is 29.9 Å². The van der Waals surface area contributed by atoms with Crippen molar-refractivity contribution < 1.29 is 0 Å². The van der Waals surface area contributed by atoms with E-state index >= 15 is 0 Å². The van der Waals surface area contributed by atoms with Crippen molar-refractivity contribution in [3.8, 4) is 0 Å². The van der Waals surface area contributed by atoms with Crippen LogP contribution in [0.3, 0.4) is 0 Å². The number of hydrogen-bond acceptors (Lipinski definition) is 0. The fourth-order valence-electron chi connectivity index (χ4n) is 0.325. The normalized spacial score (nSPS) is 18.9. The second kappa shape index (κ2) is 3.90. The van der Waals surface area contributed by atoms with Crippen LogP contribution >= 0.6 is 31.9 Å². The molecule has 0 bridgehead atoms. The van der Waals surface area contributed by atoms with E-state index in [0.717, 1.165) is 0 Å². The Morgan fingerprint density at radius 1 is 1.43 bits per heavy atom. The molecule has 0 rings (SSSR count). The predicted molar refractivity (Wildman–Crippen MR) is 41.4 cm³/mol. The molecule has 0 N–H and O–H groups in total. The monoisotopic (exact) mass is 228 g/mol. The molecule has 7 heavy (non-hydrogen) atoms. The minimum Gasteiger partial charge on any atom is -0.0882 e. The van der Waals surface area contributed by atoms with E-state index in [0.29, 0.717) is 9.65 Å². The average Bonchev–Trinajstić information content (AvgIpc) is 1.65. The third-order valence-corrected chi connectivity index (χ3v) is 3.68. The van der Waals surface area contributed by atoms with E-state index in [1.54, 1.807) is 0 Å². The highest BCUT2D eigenvalue weighted by atomic mass is 79.9. The van der Waals surface area contributed by atoms with Crippen LogP contribution < -0.4 is 0 Å². The molecule has 0 aromatic rings. The molecule has 2 atom stereocenters. The Morgan fingerprint density at radius 3 is 1.86 bits per heavy atom. The first kappa shape index (κ1) is 7.96. The van der Waals surface area contributed by atoms with Crippen molar-refractivity contribution >= 4 is 31.9 Å². The summed E-state index contributed by atoms with van der Waals surface area (Å²) in [7, 11) is 0. The minimum absolute atomic E-state index is 0.595. The van der Waals surface area contributed by atoms with Gasteiger partial charge in [0.05, 0.1) is 0 Å². The van der Waals surface area contributed by atoms with Gasteiger partial charge in [-0.3, -0.25) is 0 Å². The van der Waals surface area contributed by atoms with Crippen LogP contribution in [0.5, 0.6) is 0 Å². The van der Waals surface area contributed by atoms with Gasteiger partial charge in [-0.05, 0) is 6.42 Å². The van der Waals surface area contributed by atoms with Crippen molar-refractivity contribution in [1.82, 2.24) is 0 Å². The summed E-state index contributed by atoms with van der Waals surface area (Å²) in [6.45, 7) is 4.31. The summed E-state index contributed by atoms with van der Waals surface area (Å²) in [6, 6.07) is 0. The molecule has 2 heteroatoms. The molecule has 0 fully saturated rings. The quantitative estimate of drug-likeness (QED) is 0.639. The zero-order valence-corrected chi connectivity index (χ0v) is 7.79. The zero-order valence-electron chi connectivity index (χ0n) is 4.62. The molecule has 0 heterocycles. The summed E-state index contributed by atoms with van der Waals surface area (Å²) in [5, 5.41) is 0. The van der Waals surface area contributed by atoms with Gasteiger partial charge in [0.25, 0.3) is 0 Å². The molecule has 0 aromatic carbocycles. The predicted octanol–water partition coefficient (Wildman–Crippen LogP) is 2.94. The molecule has 0 nitrogen and oxygen atoms in total. The second-order valence-electron chi connectivity index (χ2n) is 1.60. The molecule has 0 amide bonds. The van der Waals surface area contributed by atoms with E-state index in [9.17, 15) is 0 Å². The molecular formula is C5H10Br2. The summed E-state index contributed by atoms with van der Waals surface area (Å²) in [5.74, 6) is 0. The lowest BCUT2D eigenvalue weighted by Crippen LogP contribution is -2.06. The second-order valence-corrected chi connectivity index (χ2v) is 4.22. The van der Waals surface area contributed by atoms with Crippen LogP contribution in [0.25, 0.3) is 0 Å². The first-order valence-electron chi connectivity index (χ1n) is 2.46. The summed E-state index contributed by atoms with van der Waals surface area (Å²) in [4.78, 5) is 1.23. The zero-order chi connectivity index (χ0) is 5.86. The van der Waals surface area contributed by atoms with Crippen molar-refractivity contribution in [2.24, 2.45) is 0 Å². The third-order valence-electron chi connectivity index (χ3n) is 0.888. The highest BCUT2D eigenvalue weighted by Gasteiger charge is 2.05. The van der Waals surface area contributed by atoms with Gasteiger partial charge in [0.1, 0.15) is 0 Å². The largest absolute Gasteiger partial charge is 0.0882 e. The number of alkyl halides is 2. The van der Waals surface area contributed by atoms with Crippen LogP contribution in [0.4, 0.5) is 0 Å². The van der Waals surface area contributed by atoms with Crippen LogP contribution in [-0.2, 0) is 0 Å². The van der Waals surface area contributed by atoms with E-state index in [2.05, 4.69) is 45.7 Å². The van der Waals surface area contributed by atoms with Gasteiger partial charge in [-0.25, -0.2) is 0 Å². The van der Waals surface area contributed by atoms with E-state index in [4.69, 9.17) is 0 Å². The standard InChI is InChI=1S/C5H10Br2/c1-3-5(7)4(2)6/h4-5H,3H2,1-2H3/t4-,5+/m0/s1. The molecule has 0 unspecified atom stereocenters. The van der Waals surface area contributed by atoms with Crippen molar-refractivity contribution in [3.63, 3.8) is 0 Å². The van der Waals surface area contributed by atoms with Gasteiger partial charge < -0.3 is 0 Å². The smallest absolute Gasteiger partial charge is 0.0265 e. The molecule has 0 aliphatic rings. The first-order valence-corrected chi connectivity index (χ1v) is 4.29. The molecular weight excluding hydrogens is 220 g/mol. The molecule has 0 aromatic heterocycles. The Labute approximate surface area is 61.9 Å². The Morgan fingerprint density at radius 2 is 1.86 bits per heavy atom. The lowest BCUT2D eigenvalue weighted by atomic mass is 10.3. The molecule has 0 saturated carbocycles. The van der Waals surface area contributed by atoms with Crippen LogP contribution in [-0.4, -0.2) is 9.65 Å². The SMILES string of the molecule is CC[C@@H](Br)[C@H](C)Br. The number of halogens is 2. The van der Waals surface area contributed by atoms with E-state index in [1.165, 1.54) is 6.42 Å². The Hall–Kier alpha value is 0.960. The average molecular weight is 230 g/mol. The van der Waals surface area contributed by atoms with Gasteiger partial charge in [-0.2, -0.15) is 0 Å². The lowest BCUT2D eigenvalue weighted by molar-refractivity contribution is 0.831. The van der Waals surface area contributed by atoms with Gasteiger partial charge in [0, 0.05) is 9.65 Å². The Kier molecular flexibility index (Phi) is 4.44. The highest BCUT2D eigenvalue weighted by Crippen LogP contribution is 2.15. The molecule has 0 aliphatic carbocycles. The van der Waals surface area contributed by atoms with Crippen molar-refractivity contribution in [3.05, 3.63) is 0 Å². The van der Waals surface area contributed by atoms with Crippen LogP contribution in [0, 0.1) is 0 Å². The minimum atomic E-state index is 0.595. The van der Waals surface area contributed by atoms with E-state index in [1.807, 2.05) is 0 Å². The van der Waals surface area contributed by atoms with E-state index < -0.39 is 0 Å². The maximum Gasteiger partial charge on any atom is 0.0265 e. The van der Waals surface area contributed by atoms with Gasteiger partial charge >= 0.3 is 0 Å². The number of hydrogen-bond donors (Lipinski definition) is 0. The highest BCUT2D eigenvalue weighted by molar-refractivity contribution is 9.12. The summed E-state index contributed by atoms with van der Waals surface area (Å²) < 4.78 is 0. The van der Waals surface area contributed by atoms with Crippen LogP contribution in [0.1, 0.15) is 20.3 Å². The maximum atomic E-state index is 3.49. The summed E-state index contributed by atoms with van der Waals surface area (Å²) >= 11 is 6.95. The Bertz CT molecular complexity index is 43.3. The van der Waals surface area contributed by atoms with Crippen molar-refractivity contribution in [1.29, 1.82) is 0 Å². The summed E-state index contributed by atoms with van der Waals surface area (Å²) in [6.07, 6.45) is 1.19. The van der Waals surface area contributed by atoms with Gasteiger partial charge in [0.2, 0.25) is 0 Å². The lowest BCUT2D eigenvalue weighted by Gasteiger charge is -2.06. The van der Waals surface area contributed by atoms with Crippen LogP contribution in [0.15, 0.2) is 0 Å². The van der Waals surface area contributed by atoms with Gasteiger partial charge in [0.15, 0.2) is 0 Å². The van der Waals surface area contributed by atoms with Crippen LogP contribution in [0.2, 0.25) is 0 Å². The topological polar surface area (TPSA) is 0 Å². The molecule has 0 radical (unpaired) electrons. The molecule has 0 saturated heterocycles. The van der Waals surface area contributed by atoms with Crippen molar-refractivity contribution in [2.75, 3.05) is 0 Å². The fourth-order valence-corrected chi connectivity index (χ4v) is 0.699. The third kappa shape index (κ3) is 3.53. The Balaban J connectivity index is 3.14. The molecule has 0 aliphatic heterocycles. The number of rotatable bonds is 2. The molecule has 0 spiro atoms. The fraction of sp³-hybridized carbons (Fsp3) is 1.00.